The standard InChI is InChI=1S/C17H17NO4/c1-3-14-9-17(22-11-13-7-5-4-6-8-13)16(18(20)21)10-15(14)12(2)19/h4-10H,3,11H2,1-2H3. The number of rotatable bonds is 6. The maximum atomic E-state index is 11.6. The number of ketones is 1. The first-order valence-corrected chi connectivity index (χ1v) is 7.02. The molecular weight excluding hydrogens is 282 g/mol. The van der Waals surface area contributed by atoms with Crippen LogP contribution in [0.4, 0.5) is 5.69 Å². The molecule has 0 fully saturated rings. The van der Waals surface area contributed by atoms with E-state index in [1.54, 1.807) is 6.07 Å². The molecule has 0 N–H and O–H groups in total. The minimum atomic E-state index is -0.522. The number of benzene rings is 2. The van der Waals surface area contributed by atoms with Crippen LogP contribution in [0.2, 0.25) is 0 Å². The normalized spacial score (nSPS) is 10.3. The van der Waals surface area contributed by atoms with Gasteiger partial charge in [-0.2, -0.15) is 0 Å². The van der Waals surface area contributed by atoms with E-state index in [1.807, 2.05) is 37.3 Å². The maximum absolute atomic E-state index is 11.6. The number of carbonyl (C=O) groups is 1. The van der Waals surface area contributed by atoms with Crippen LogP contribution in [0.15, 0.2) is 42.5 Å². The Morgan fingerprint density at radius 1 is 1.23 bits per heavy atom. The Morgan fingerprint density at radius 3 is 2.45 bits per heavy atom. The van der Waals surface area contributed by atoms with Gasteiger partial charge in [0.1, 0.15) is 6.61 Å². The van der Waals surface area contributed by atoms with Crippen LogP contribution in [0.3, 0.4) is 0 Å². The van der Waals surface area contributed by atoms with Gasteiger partial charge in [-0.1, -0.05) is 37.3 Å². The number of nitrogens with zero attached hydrogens (tertiary/aromatic N) is 1. The van der Waals surface area contributed by atoms with Crippen LogP contribution >= 0.6 is 0 Å². The molecule has 2 aromatic rings. The Labute approximate surface area is 128 Å². The Balaban J connectivity index is 2.36. The van der Waals surface area contributed by atoms with Crippen molar-refractivity contribution in [2.45, 2.75) is 26.9 Å². The summed E-state index contributed by atoms with van der Waals surface area (Å²) >= 11 is 0. The lowest BCUT2D eigenvalue weighted by molar-refractivity contribution is -0.386. The van der Waals surface area contributed by atoms with E-state index >= 15 is 0 Å². The van der Waals surface area contributed by atoms with E-state index < -0.39 is 4.92 Å². The molecule has 2 rings (SSSR count). The number of hydrogen-bond donors (Lipinski definition) is 0. The van der Waals surface area contributed by atoms with Gasteiger partial charge in [0.15, 0.2) is 11.5 Å². The van der Waals surface area contributed by atoms with E-state index in [9.17, 15) is 14.9 Å². The lowest BCUT2D eigenvalue weighted by Gasteiger charge is -2.11. The van der Waals surface area contributed by atoms with E-state index in [0.717, 1.165) is 11.1 Å². The molecule has 0 unspecified atom stereocenters. The van der Waals surface area contributed by atoms with Crippen molar-refractivity contribution in [1.82, 2.24) is 0 Å². The summed E-state index contributed by atoms with van der Waals surface area (Å²) in [4.78, 5) is 22.3. The molecule has 22 heavy (non-hydrogen) atoms. The average Bonchev–Trinajstić information content (AvgIpc) is 2.52. The molecule has 0 saturated heterocycles. The summed E-state index contributed by atoms with van der Waals surface area (Å²) in [5, 5.41) is 11.2. The fourth-order valence-electron chi connectivity index (χ4n) is 2.22. The van der Waals surface area contributed by atoms with Gasteiger partial charge in [0.25, 0.3) is 0 Å². The lowest BCUT2D eigenvalue weighted by Crippen LogP contribution is -2.05. The highest BCUT2D eigenvalue weighted by Crippen LogP contribution is 2.32. The van der Waals surface area contributed by atoms with E-state index in [-0.39, 0.29) is 23.8 Å². The third kappa shape index (κ3) is 3.49. The van der Waals surface area contributed by atoms with Crippen LogP contribution < -0.4 is 4.74 Å². The van der Waals surface area contributed by atoms with Gasteiger partial charge < -0.3 is 4.74 Å². The number of nitro benzene ring substituents is 1. The zero-order valence-electron chi connectivity index (χ0n) is 12.5. The van der Waals surface area contributed by atoms with Crippen LogP contribution in [0.5, 0.6) is 5.75 Å². The Hall–Kier alpha value is -2.69. The summed E-state index contributed by atoms with van der Waals surface area (Å²) in [5.41, 5.74) is 1.87. The van der Waals surface area contributed by atoms with E-state index in [1.165, 1.54) is 13.0 Å². The van der Waals surface area contributed by atoms with Gasteiger partial charge in [0.2, 0.25) is 0 Å². The predicted octanol–water partition coefficient (Wildman–Crippen LogP) is 3.94. The number of hydrogen-bond acceptors (Lipinski definition) is 4. The number of carbonyl (C=O) groups excluding carboxylic acids is 1. The van der Waals surface area contributed by atoms with Crippen molar-refractivity contribution >= 4 is 11.5 Å². The van der Waals surface area contributed by atoms with Gasteiger partial charge in [-0.25, -0.2) is 0 Å². The number of aryl methyl sites for hydroxylation is 1. The molecule has 0 heterocycles. The molecule has 0 radical (unpaired) electrons. The average molecular weight is 299 g/mol. The fourth-order valence-corrected chi connectivity index (χ4v) is 2.22. The summed E-state index contributed by atoms with van der Waals surface area (Å²) in [6, 6.07) is 12.3. The SMILES string of the molecule is CCc1cc(OCc2ccccc2)c([N+](=O)[O-])cc1C(C)=O. The molecule has 0 saturated carbocycles. The maximum Gasteiger partial charge on any atom is 0.311 e. The molecule has 0 aliphatic rings. The minimum absolute atomic E-state index is 0.182. The molecule has 0 bridgehead atoms. The summed E-state index contributed by atoms with van der Waals surface area (Å²) < 4.78 is 5.61. The smallest absolute Gasteiger partial charge is 0.311 e. The third-order valence-corrected chi connectivity index (χ3v) is 3.38. The number of ether oxygens (including phenoxy) is 1. The van der Waals surface area contributed by atoms with Crippen LogP contribution in [0.1, 0.15) is 35.3 Å². The minimum Gasteiger partial charge on any atom is -0.482 e. The quantitative estimate of drug-likeness (QED) is 0.460. The van der Waals surface area contributed by atoms with Crippen molar-refractivity contribution in [3.05, 3.63) is 69.3 Å². The van der Waals surface area contributed by atoms with Crippen molar-refractivity contribution in [1.29, 1.82) is 0 Å². The summed E-state index contributed by atoms with van der Waals surface area (Å²) in [7, 11) is 0. The van der Waals surface area contributed by atoms with Gasteiger partial charge in [0, 0.05) is 11.6 Å². The molecule has 2 aromatic carbocycles. The zero-order chi connectivity index (χ0) is 16.1. The second-order valence-corrected chi connectivity index (χ2v) is 4.92. The molecule has 0 spiro atoms. The molecular formula is C17H17NO4. The zero-order valence-corrected chi connectivity index (χ0v) is 12.5. The lowest BCUT2D eigenvalue weighted by atomic mass is 10.0. The molecule has 5 nitrogen and oxygen atoms in total. The third-order valence-electron chi connectivity index (χ3n) is 3.38. The summed E-state index contributed by atoms with van der Waals surface area (Å²) in [6.45, 7) is 3.54. The Morgan fingerprint density at radius 2 is 1.91 bits per heavy atom. The number of Topliss-reactive ketones (excluding diaryl/α,β-unsaturated/α-hetero) is 1. The molecule has 0 amide bonds. The molecule has 5 heteroatoms. The second kappa shape index (κ2) is 6.85. The van der Waals surface area contributed by atoms with Gasteiger partial charge in [0.05, 0.1) is 4.92 Å². The van der Waals surface area contributed by atoms with Crippen molar-refractivity contribution in [2.24, 2.45) is 0 Å². The summed E-state index contributed by atoms with van der Waals surface area (Å²) in [6.07, 6.45) is 0.606. The fraction of sp³-hybridized carbons (Fsp3) is 0.235. The molecule has 0 atom stereocenters. The van der Waals surface area contributed by atoms with Crippen LogP contribution in [0, 0.1) is 10.1 Å². The van der Waals surface area contributed by atoms with Crippen molar-refractivity contribution in [2.75, 3.05) is 0 Å². The topological polar surface area (TPSA) is 69.4 Å². The van der Waals surface area contributed by atoms with Crippen LogP contribution in [0.25, 0.3) is 0 Å². The van der Waals surface area contributed by atoms with Crippen molar-refractivity contribution < 1.29 is 14.5 Å². The van der Waals surface area contributed by atoms with Crippen molar-refractivity contribution in [3.63, 3.8) is 0 Å². The van der Waals surface area contributed by atoms with Gasteiger partial charge >= 0.3 is 5.69 Å². The van der Waals surface area contributed by atoms with Crippen molar-refractivity contribution in [3.8, 4) is 5.75 Å². The largest absolute Gasteiger partial charge is 0.482 e. The highest BCUT2D eigenvalue weighted by atomic mass is 16.6. The molecule has 0 aromatic heterocycles. The molecule has 0 aliphatic heterocycles. The Bertz CT molecular complexity index is 695. The van der Waals surface area contributed by atoms with E-state index in [0.29, 0.717) is 12.0 Å². The first-order chi connectivity index (χ1) is 10.5. The Kier molecular flexibility index (Phi) is 4.88. The van der Waals surface area contributed by atoms with Gasteiger partial charge in [-0.3, -0.25) is 14.9 Å². The first kappa shape index (κ1) is 15.7. The predicted molar refractivity (Wildman–Crippen MR) is 83.3 cm³/mol. The summed E-state index contributed by atoms with van der Waals surface area (Å²) in [5.74, 6) is 0.00487. The van der Waals surface area contributed by atoms with Crippen LogP contribution in [-0.2, 0) is 13.0 Å². The van der Waals surface area contributed by atoms with E-state index in [4.69, 9.17) is 4.74 Å². The highest BCUT2D eigenvalue weighted by molar-refractivity contribution is 5.96. The van der Waals surface area contributed by atoms with Gasteiger partial charge in [-0.05, 0) is 30.5 Å². The van der Waals surface area contributed by atoms with Gasteiger partial charge in [-0.15, -0.1) is 0 Å². The van der Waals surface area contributed by atoms with Crippen LogP contribution in [-0.4, -0.2) is 10.7 Å². The number of nitro groups is 1. The monoisotopic (exact) mass is 299 g/mol. The highest BCUT2D eigenvalue weighted by Gasteiger charge is 2.20. The first-order valence-electron chi connectivity index (χ1n) is 7.02. The molecule has 0 aliphatic carbocycles. The molecule has 114 valence electrons. The second-order valence-electron chi connectivity index (χ2n) is 4.92. The van der Waals surface area contributed by atoms with E-state index in [2.05, 4.69) is 0 Å².